The van der Waals surface area contributed by atoms with Gasteiger partial charge in [-0.3, -0.25) is 0 Å². The van der Waals surface area contributed by atoms with E-state index in [1.54, 1.807) is 7.11 Å². The third kappa shape index (κ3) is 3.31. The minimum absolute atomic E-state index is 0.655. The molecule has 0 atom stereocenters. The first-order valence-electron chi connectivity index (χ1n) is 5.22. The topological polar surface area (TPSA) is 18.5 Å². The van der Waals surface area contributed by atoms with Crippen LogP contribution in [0.1, 0.15) is 18.9 Å². The van der Waals surface area contributed by atoms with Gasteiger partial charge in [-0.2, -0.15) is 0 Å². The molecule has 0 aliphatic carbocycles. The maximum atomic E-state index is 5.44. The molecule has 0 amide bonds. The molecule has 0 aromatic heterocycles. The van der Waals surface area contributed by atoms with Gasteiger partial charge in [0.15, 0.2) is 11.5 Å². The van der Waals surface area contributed by atoms with Gasteiger partial charge in [0.05, 0.1) is 13.7 Å². The molecule has 2 heteroatoms. The van der Waals surface area contributed by atoms with Crippen LogP contribution in [0.2, 0.25) is 0 Å². The highest BCUT2D eigenvalue weighted by Gasteiger charge is 2.04. The summed E-state index contributed by atoms with van der Waals surface area (Å²) in [7, 11) is 1.66. The lowest BCUT2D eigenvalue weighted by Crippen LogP contribution is -1.96. The first kappa shape index (κ1) is 11.6. The van der Waals surface area contributed by atoms with Crippen molar-refractivity contribution in [1.29, 1.82) is 0 Å². The molecule has 2 nitrogen and oxygen atoms in total. The highest BCUT2D eigenvalue weighted by atomic mass is 16.5. The van der Waals surface area contributed by atoms with E-state index >= 15 is 0 Å². The Morgan fingerprint density at radius 1 is 1.33 bits per heavy atom. The number of hydrogen-bond acceptors (Lipinski definition) is 2. The second kappa shape index (κ2) is 6.12. The number of benzene rings is 1. The van der Waals surface area contributed by atoms with E-state index in [1.165, 1.54) is 5.56 Å². The van der Waals surface area contributed by atoms with Crippen molar-refractivity contribution in [2.75, 3.05) is 13.7 Å². The van der Waals surface area contributed by atoms with E-state index in [1.807, 2.05) is 25.1 Å². The number of ether oxygens (including phenoxy) is 2. The zero-order valence-corrected chi connectivity index (χ0v) is 9.45. The van der Waals surface area contributed by atoms with Gasteiger partial charge in [-0.1, -0.05) is 12.1 Å². The van der Waals surface area contributed by atoms with E-state index in [4.69, 9.17) is 9.47 Å². The van der Waals surface area contributed by atoms with Gasteiger partial charge in [-0.15, -0.1) is 6.58 Å². The number of aryl methyl sites for hydroxylation is 1. The Balaban J connectivity index is 2.81. The molecule has 1 aromatic rings. The van der Waals surface area contributed by atoms with Crippen molar-refractivity contribution in [1.82, 2.24) is 0 Å². The quantitative estimate of drug-likeness (QED) is 0.665. The summed E-state index contributed by atoms with van der Waals surface area (Å²) in [6.07, 6.45) is 3.90. The third-order valence-corrected chi connectivity index (χ3v) is 2.17. The molecular formula is C13H18O2. The van der Waals surface area contributed by atoms with Gasteiger partial charge in [-0.05, 0) is 37.5 Å². The first-order valence-corrected chi connectivity index (χ1v) is 5.22. The molecular weight excluding hydrogens is 188 g/mol. The van der Waals surface area contributed by atoms with Crippen molar-refractivity contribution in [3.8, 4) is 11.5 Å². The van der Waals surface area contributed by atoms with Crippen LogP contribution in [0, 0.1) is 0 Å². The van der Waals surface area contributed by atoms with Crippen LogP contribution in [0.3, 0.4) is 0 Å². The first-order chi connectivity index (χ1) is 7.31. The molecule has 1 aromatic carbocycles. The van der Waals surface area contributed by atoms with Crippen LogP contribution in [-0.4, -0.2) is 13.7 Å². The Hall–Kier alpha value is -1.44. The lowest BCUT2D eigenvalue weighted by atomic mass is 10.1. The van der Waals surface area contributed by atoms with Crippen LogP contribution in [0.15, 0.2) is 30.9 Å². The van der Waals surface area contributed by atoms with Gasteiger partial charge in [0.1, 0.15) is 0 Å². The summed E-state index contributed by atoms with van der Waals surface area (Å²) in [5.74, 6) is 1.61. The van der Waals surface area contributed by atoms with Gasteiger partial charge >= 0.3 is 0 Å². The molecule has 0 aliphatic heterocycles. The van der Waals surface area contributed by atoms with E-state index in [0.29, 0.717) is 6.61 Å². The second-order valence-electron chi connectivity index (χ2n) is 3.25. The maximum Gasteiger partial charge on any atom is 0.161 e. The van der Waals surface area contributed by atoms with Crippen LogP contribution < -0.4 is 9.47 Å². The highest BCUT2D eigenvalue weighted by molar-refractivity contribution is 5.43. The minimum atomic E-state index is 0.655. The Morgan fingerprint density at radius 2 is 2.13 bits per heavy atom. The average molecular weight is 206 g/mol. The van der Waals surface area contributed by atoms with Crippen molar-refractivity contribution >= 4 is 0 Å². The van der Waals surface area contributed by atoms with Crippen LogP contribution in [-0.2, 0) is 6.42 Å². The zero-order chi connectivity index (χ0) is 11.1. The number of hydrogen-bond donors (Lipinski definition) is 0. The van der Waals surface area contributed by atoms with E-state index in [9.17, 15) is 0 Å². The molecule has 0 radical (unpaired) electrons. The monoisotopic (exact) mass is 206 g/mol. The normalized spacial score (nSPS) is 9.73. The van der Waals surface area contributed by atoms with Crippen molar-refractivity contribution in [2.45, 2.75) is 19.8 Å². The van der Waals surface area contributed by atoms with Gasteiger partial charge in [0.25, 0.3) is 0 Å². The lowest BCUT2D eigenvalue weighted by Gasteiger charge is -2.10. The minimum Gasteiger partial charge on any atom is -0.493 e. The molecule has 0 heterocycles. The number of methoxy groups -OCH3 is 1. The Kier molecular flexibility index (Phi) is 4.75. The SMILES string of the molecule is C=CCCc1ccc(OCC)c(OC)c1. The van der Waals surface area contributed by atoms with Gasteiger partial charge in [0, 0.05) is 0 Å². The molecule has 82 valence electrons. The summed E-state index contributed by atoms with van der Waals surface area (Å²) in [6.45, 7) is 6.33. The predicted molar refractivity (Wildman–Crippen MR) is 62.7 cm³/mol. The Labute approximate surface area is 91.5 Å². The molecule has 0 saturated heterocycles. The van der Waals surface area contributed by atoms with E-state index < -0.39 is 0 Å². The molecule has 15 heavy (non-hydrogen) atoms. The fraction of sp³-hybridized carbons (Fsp3) is 0.385. The van der Waals surface area contributed by atoms with E-state index in [-0.39, 0.29) is 0 Å². The Morgan fingerprint density at radius 3 is 2.73 bits per heavy atom. The lowest BCUT2D eigenvalue weighted by molar-refractivity contribution is 0.310. The van der Waals surface area contributed by atoms with Crippen LogP contribution in [0.4, 0.5) is 0 Å². The molecule has 0 unspecified atom stereocenters. The van der Waals surface area contributed by atoms with E-state index in [2.05, 4.69) is 12.6 Å². The summed E-state index contributed by atoms with van der Waals surface area (Å²) in [6, 6.07) is 6.05. The van der Waals surface area contributed by atoms with Crippen molar-refractivity contribution in [2.24, 2.45) is 0 Å². The highest BCUT2D eigenvalue weighted by Crippen LogP contribution is 2.28. The third-order valence-electron chi connectivity index (χ3n) is 2.17. The largest absolute Gasteiger partial charge is 0.493 e. The molecule has 0 N–H and O–H groups in total. The van der Waals surface area contributed by atoms with Gasteiger partial charge in [0.2, 0.25) is 0 Å². The van der Waals surface area contributed by atoms with Gasteiger partial charge in [-0.25, -0.2) is 0 Å². The van der Waals surface area contributed by atoms with Crippen molar-refractivity contribution in [3.63, 3.8) is 0 Å². The molecule has 0 bridgehead atoms. The standard InChI is InChI=1S/C13H18O2/c1-4-6-7-11-8-9-12(15-5-2)13(10-11)14-3/h4,8-10H,1,5-7H2,2-3H3. The van der Waals surface area contributed by atoms with Crippen LogP contribution in [0.25, 0.3) is 0 Å². The average Bonchev–Trinajstić information content (AvgIpc) is 2.28. The summed E-state index contributed by atoms with van der Waals surface area (Å²) >= 11 is 0. The zero-order valence-electron chi connectivity index (χ0n) is 9.45. The van der Waals surface area contributed by atoms with E-state index in [0.717, 1.165) is 24.3 Å². The summed E-state index contributed by atoms with van der Waals surface area (Å²) < 4.78 is 10.7. The van der Waals surface area contributed by atoms with Crippen molar-refractivity contribution in [3.05, 3.63) is 36.4 Å². The molecule has 1 rings (SSSR count). The number of allylic oxidation sites excluding steroid dienone is 1. The van der Waals surface area contributed by atoms with Crippen molar-refractivity contribution < 1.29 is 9.47 Å². The second-order valence-corrected chi connectivity index (χ2v) is 3.25. The molecule has 0 fully saturated rings. The van der Waals surface area contributed by atoms with Gasteiger partial charge < -0.3 is 9.47 Å². The summed E-state index contributed by atoms with van der Waals surface area (Å²) in [5.41, 5.74) is 1.25. The molecule has 0 spiro atoms. The smallest absolute Gasteiger partial charge is 0.161 e. The van der Waals surface area contributed by atoms with Crippen LogP contribution in [0.5, 0.6) is 11.5 Å². The molecule has 0 aliphatic rings. The summed E-state index contributed by atoms with van der Waals surface area (Å²) in [4.78, 5) is 0. The maximum absolute atomic E-state index is 5.44. The Bertz CT molecular complexity index is 318. The fourth-order valence-electron chi connectivity index (χ4n) is 1.41. The number of rotatable bonds is 6. The van der Waals surface area contributed by atoms with Crippen LogP contribution >= 0.6 is 0 Å². The predicted octanol–water partition coefficient (Wildman–Crippen LogP) is 3.21. The molecule has 0 saturated carbocycles. The summed E-state index contributed by atoms with van der Waals surface area (Å²) in [5, 5.41) is 0. The fourth-order valence-corrected chi connectivity index (χ4v) is 1.41.